The van der Waals surface area contributed by atoms with Crippen LogP contribution in [0.3, 0.4) is 0 Å². The van der Waals surface area contributed by atoms with E-state index in [0.717, 1.165) is 12.0 Å². The van der Waals surface area contributed by atoms with Gasteiger partial charge >= 0.3 is 0 Å². The summed E-state index contributed by atoms with van der Waals surface area (Å²) >= 11 is 0. The fraction of sp³-hybridized carbons (Fsp3) is 1.00. The van der Waals surface area contributed by atoms with Crippen molar-refractivity contribution in [3.8, 4) is 0 Å². The molecule has 0 amide bonds. The first-order valence-electron chi connectivity index (χ1n) is 5.80. The summed E-state index contributed by atoms with van der Waals surface area (Å²) in [5, 5.41) is 3.31. The molecule has 0 bridgehead atoms. The van der Waals surface area contributed by atoms with Gasteiger partial charge in [0.15, 0.2) is 0 Å². The Morgan fingerprint density at radius 3 is 2.46 bits per heavy atom. The molecule has 1 heterocycles. The summed E-state index contributed by atoms with van der Waals surface area (Å²) in [6.45, 7) is 3.96. The van der Waals surface area contributed by atoms with Gasteiger partial charge < -0.3 is 10.2 Å². The number of likely N-dealkylation sites (tertiary alicyclic amines) is 1. The Kier molecular flexibility index (Phi) is 3.23. The van der Waals surface area contributed by atoms with Crippen molar-refractivity contribution in [2.24, 2.45) is 5.92 Å². The van der Waals surface area contributed by atoms with Crippen molar-refractivity contribution < 1.29 is 0 Å². The molecule has 2 rings (SSSR count). The zero-order valence-electron chi connectivity index (χ0n) is 8.76. The lowest BCUT2D eigenvalue weighted by molar-refractivity contribution is 0.0479. The number of nitrogens with one attached hydrogen (secondary N) is 1. The van der Waals surface area contributed by atoms with E-state index in [0.29, 0.717) is 0 Å². The van der Waals surface area contributed by atoms with E-state index in [9.17, 15) is 0 Å². The molecule has 2 atom stereocenters. The van der Waals surface area contributed by atoms with E-state index < -0.39 is 0 Å². The van der Waals surface area contributed by atoms with Gasteiger partial charge in [0.2, 0.25) is 0 Å². The van der Waals surface area contributed by atoms with Gasteiger partial charge in [-0.25, -0.2) is 0 Å². The first-order valence-corrected chi connectivity index (χ1v) is 5.80. The van der Waals surface area contributed by atoms with Crippen LogP contribution in [0.2, 0.25) is 0 Å². The van der Waals surface area contributed by atoms with Crippen LogP contribution in [-0.4, -0.2) is 37.6 Å². The van der Waals surface area contributed by atoms with Crippen molar-refractivity contribution in [1.82, 2.24) is 10.2 Å². The number of hydrogen-bond acceptors (Lipinski definition) is 2. The second kappa shape index (κ2) is 4.43. The minimum absolute atomic E-state index is 0.924. The third-order valence-electron chi connectivity index (χ3n) is 3.70. The third kappa shape index (κ3) is 2.05. The first-order chi connectivity index (χ1) is 6.42. The molecule has 1 N–H and O–H groups in total. The van der Waals surface area contributed by atoms with E-state index in [-0.39, 0.29) is 0 Å². The van der Waals surface area contributed by atoms with Gasteiger partial charge in [0.1, 0.15) is 0 Å². The summed E-state index contributed by atoms with van der Waals surface area (Å²) in [6.07, 6.45) is 7.22. The molecule has 76 valence electrons. The Hall–Kier alpha value is -0.0800. The second-order valence-electron chi connectivity index (χ2n) is 4.56. The van der Waals surface area contributed by atoms with Crippen LogP contribution in [0.15, 0.2) is 0 Å². The molecule has 1 saturated heterocycles. The summed E-state index contributed by atoms with van der Waals surface area (Å²) in [4.78, 5) is 2.73. The van der Waals surface area contributed by atoms with Gasteiger partial charge in [0, 0.05) is 6.04 Å². The largest absolute Gasteiger partial charge is 0.319 e. The van der Waals surface area contributed by atoms with Gasteiger partial charge in [-0.1, -0.05) is 6.42 Å². The van der Waals surface area contributed by atoms with Gasteiger partial charge in [-0.2, -0.15) is 0 Å². The van der Waals surface area contributed by atoms with E-state index in [2.05, 4.69) is 17.3 Å². The topological polar surface area (TPSA) is 15.3 Å². The van der Waals surface area contributed by atoms with Crippen molar-refractivity contribution >= 4 is 0 Å². The smallest absolute Gasteiger partial charge is 0.0136 e. The molecular weight excluding hydrogens is 160 g/mol. The zero-order chi connectivity index (χ0) is 9.10. The Balaban J connectivity index is 1.78. The Bertz CT molecular complexity index is 152. The lowest BCUT2D eigenvalue weighted by Gasteiger charge is -2.46. The highest BCUT2D eigenvalue weighted by Gasteiger charge is 2.34. The highest BCUT2D eigenvalue weighted by molar-refractivity contribution is 4.90. The summed E-state index contributed by atoms with van der Waals surface area (Å²) in [6, 6.07) is 0.924. The SMILES string of the molecule is CNCC1CCC1N1CCCCC1. The molecule has 2 nitrogen and oxygen atoms in total. The maximum Gasteiger partial charge on any atom is 0.0136 e. The number of piperidine rings is 1. The molecule has 2 fully saturated rings. The molecule has 2 unspecified atom stereocenters. The molecule has 0 aromatic carbocycles. The van der Waals surface area contributed by atoms with Crippen molar-refractivity contribution in [1.29, 1.82) is 0 Å². The van der Waals surface area contributed by atoms with Gasteiger partial charge in [-0.05, 0) is 58.3 Å². The van der Waals surface area contributed by atoms with Crippen molar-refractivity contribution in [3.63, 3.8) is 0 Å². The average molecular weight is 182 g/mol. The molecule has 1 aliphatic carbocycles. The van der Waals surface area contributed by atoms with E-state index in [1.165, 1.54) is 51.7 Å². The molecule has 0 aromatic heterocycles. The maximum absolute atomic E-state index is 3.31. The average Bonchev–Trinajstić information content (AvgIpc) is 2.14. The molecule has 13 heavy (non-hydrogen) atoms. The van der Waals surface area contributed by atoms with Gasteiger partial charge in [0.05, 0.1) is 0 Å². The summed E-state index contributed by atoms with van der Waals surface area (Å²) in [7, 11) is 2.07. The Labute approximate surface area is 81.7 Å². The summed E-state index contributed by atoms with van der Waals surface area (Å²) in [5.41, 5.74) is 0. The molecule has 2 heteroatoms. The van der Waals surface area contributed by atoms with Crippen molar-refractivity contribution in [2.75, 3.05) is 26.7 Å². The zero-order valence-corrected chi connectivity index (χ0v) is 8.76. The fourth-order valence-corrected chi connectivity index (χ4v) is 2.78. The maximum atomic E-state index is 3.31. The highest BCUT2D eigenvalue weighted by atomic mass is 15.2. The molecule has 2 aliphatic rings. The van der Waals surface area contributed by atoms with Crippen LogP contribution in [0.1, 0.15) is 32.1 Å². The monoisotopic (exact) mass is 182 g/mol. The lowest BCUT2D eigenvalue weighted by Crippen LogP contribution is -2.51. The molecular formula is C11H22N2. The minimum atomic E-state index is 0.924. The van der Waals surface area contributed by atoms with E-state index in [1.807, 2.05) is 0 Å². The third-order valence-corrected chi connectivity index (χ3v) is 3.70. The lowest BCUT2D eigenvalue weighted by atomic mass is 9.78. The van der Waals surface area contributed by atoms with Crippen LogP contribution >= 0.6 is 0 Å². The molecule has 1 aliphatic heterocycles. The van der Waals surface area contributed by atoms with Crippen molar-refractivity contribution in [2.45, 2.75) is 38.1 Å². The highest BCUT2D eigenvalue weighted by Crippen LogP contribution is 2.33. The van der Waals surface area contributed by atoms with E-state index in [1.54, 1.807) is 0 Å². The fourth-order valence-electron chi connectivity index (χ4n) is 2.78. The normalized spacial score (nSPS) is 35.8. The van der Waals surface area contributed by atoms with E-state index >= 15 is 0 Å². The van der Waals surface area contributed by atoms with Crippen molar-refractivity contribution in [3.05, 3.63) is 0 Å². The number of nitrogens with zero attached hydrogens (tertiary/aromatic N) is 1. The first kappa shape index (κ1) is 9.47. The summed E-state index contributed by atoms with van der Waals surface area (Å²) < 4.78 is 0. The predicted octanol–water partition coefficient (Wildman–Crippen LogP) is 1.47. The quantitative estimate of drug-likeness (QED) is 0.711. The van der Waals surface area contributed by atoms with Gasteiger partial charge in [-0.15, -0.1) is 0 Å². The van der Waals surface area contributed by atoms with Crippen LogP contribution in [0.25, 0.3) is 0 Å². The Morgan fingerprint density at radius 1 is 1.15 bits per heavy atom. The van der Waals surface area contributed by atoms with E-state index in [4.69, 9.17) is 0 Å². The molecule has 0 aromatic rings. The predicted molar refractivity (Wildman–Crippen MR) is 55.9 cm³/mol. The van der Waals surface area contributed by atoms with Gasteiger partial charge in [-0.3, -0.25) is 0 Å². The molecule has 1 saturated carbocycles. The summed E-state index contributed by atoms with van der Waals surface area (Å²) in [5.74, 6) is 0.947. The standard InChI is InChI=1S/C11H22N2/c1-12-9-10-5-6-11(10)13-7-3-2-4-8-13/h10-12H,2-9H2,1H3. The van der Waals surface area contributed by atoms with Crippen LogP contribution in [0.5, 0.6) is 0 Å². The number of hydrogen-bond donors (Lipinski definition) is 1. The van der Waals surface area contributed by atoms with Crippen LogP contribution < -0.4 is 5.32 Å². The molecule has 0 spiro atoms. The van der Waals surface area contributed by atoms with Crippen LogP contribution in [0.4, 0.5) is 0 Å². The van der Waals surface area contributed by atoms with Gasteiger partial charge in [0.25, 0.3) is 0 Å². The van der Waals surface area contributed by atoms with Crippen LogP contribution in [-0.2, 0) is 0 Å². The second-order valence-corrected chi connectivity index (χ2v) is 4.56. The number of rotatable bonds is 3. The van der Waals surface area contributed by atoms with Crippen LogP contribution in [0, 0.1) is 5.92 Å². The molecule has 0 radical (unpaired) electrons. The Morgan fingerprint density at radius 2 is 1.92 bits per heavy atom. The minimum Gasteiger partial charge on any atom is -0.319 e.